The molecule has 1 aromatic rings. The first-order valence-electron chi connectivity index (χ1n) is 6.06. The zero-order valence-corrected chi connectivity index (χ0v) is 10.9. The van der Waals surface area contributed by atoms with Gasteiger partial charge in [0.25, 0.3) is 0 Å². The van der Waals surface area contributed by atoms with Crippen molar-refractivity contribution in [3.63, 3.8) is 0 Å². The van der Waals surface area contributed by atoms with Gasteiger partial charge in [-0.1, -0.05) is 11.6 Å². The van der Waals surface area contributed by atoms with Gasteiger partial charge in [0.2, 0.25) is 0 Å². The second-order valence-corrected chi connectivity index (χ2v) is 5.07. The molecule has 4 heteroatoms. The first kappa shape index (κ1) is 12.5. The molecule has 2 rings (SSSR count). The summed E-state index contributed by atoms with van der Waals surface area (Å²) in [6.07, 6.45) is 3.66. The smallest absolute Gasteiger partial charge is 0.0656 e. The number of nitrogens with two attached hydrogens (primary N) is 1. The zero-order chi connectivity index (χ0) is 12.4. The Morgan fingerprint density at radius 3 is 2.71 bits per heavy atom. The standard InChI is InChI=1S/C13H19ClN2O/c1-9-7-12(15)11(14)8-13(9)16(5-6-17)10-3-2-4-10/h7-8,10,17H,2-6,15H2,1H3. The molecule has 0 spiro atoms. The molecule has 1 aliphatic carbocycles. The van der Waals surface area contributed by atoms with E-state index in [2.05, 4.69) is 4.90 Å². The van der Waals surface area contributed by atoms with Gasteiger partial charge < -0.3 is 15.7 Å². The molecule has 0 heterocycles. The number of aliphatic hydroxyl groups excluding tert-OH is 1. The van der Waals surface area contributed by atoms with Gasteiger partial charge in [0, 0.05) is 18.3 Å². The van der Waals surface area contributed by atoms with Crippen LogP contribution in [0.3, 0.4) is 0 Å². The van der Waals surface area contributed by atoms with Gasteiger partial charge in [-0.3, -0.25) is 0 Å². The van der Waals surface area contributed by atoms with E-state index in [1.807, 2.05) is 19.1 Å². The van der Waals surface area contributed by atoms with E-state index < -0.39 is 0 Å². The summed E-state index contributed by atoms with van der Waals surface area (Å²) in [6, 6.07) is 4.36. The summed E-state index contributed by atoms with van der Waals surface area (Å²) >= 11 is 6.08. The highest BCUT2D eigenvalue weighted by atomic mass is 35.5. The average molecular weight is 255 g/mol. The lowest BCUT2D eigenvalue weighted by molar-refractivity contribution is 0.283. The SMILES string of the molecule is Cc1cc(N)c(Cl)cc1N(CCO)C1CCC1. The van der Waals surface area contributed by atoms with E-state index >= 15 is 0 Å². The highest BCUT2D eigenvalue weighted by Gasteiger charge is 2.26. The lowest BCUT2D eigenvalue weighted by atomic mass is 9.90. The molecule has 0 saturated heterocycles. The van der Waals surface area contributed by atoms with Crippen LogP contribution in [0.15, 0.2) is 12.1 Å². The molecule has 0 atom stereocenters. The highest BCUT2D eigenvalue weighted by Crippen LogP contribution is 2.34. The maximum absolute atomic E-state index is 9.18. The molecule has 94 valence electrons. The second-order valence-electron chi connectivity index (χ2n) is 4.66. The van der Waals surface area contributed by atoms with E-state index in [0.717, 1.165) is 11.3 Å². The predicted octanol–water partition coefficient (Wildman–Crippen LogP) is 2.58. The van der Waals surface area contributed by atoms with Gasteiger partial charge in [-0.05, 0) is 43.9 Å². The minimum atomic E-state index is 0.165. The van der Waals surface area contributed by atoms with E-state index in [4.69, 9.17) is 17.3 Å². The molecule has 1 aromatic carbocycles. The first-order chi connectivity index (χ1) is 8.13. The van der Waals surface area contributed by atoms with Crippen molar-refractivity contribution in [3.8, 4) is 0 Å². The molecule has 0 amide bonds. The molecule has 0 bridgehead atoms. The van der Waals surface area contributed by atoms with E-state index in [9.17, 15) is 5.11 Å². The van der Waals surface area contributed by atoms with E-state index in [1.54, 1.807) is 0 Å². The van der Waals surface area contributed by atoms with Gasteiger partial charge in [0.05, 0.1) is 17.3 Å². The summed E-state index contributed by atoms with van der Waals surface area (Å²) < 4.78 is 0. The first-order valence-corrected chi connectivity index (χ1v) is 6.44. The third kappa shape index (κ3) is 2.50. The molecule has 3 N–H and O–H groups in total. The van der Waals surface area contributed by atoms with Crippen LogP contribution < -0.4 is 10.6 Å². The van der Waals surface area contributed by atoms with Crippen molar-refractivity contribution in [2.24, 2.45) is 0 Å². The van der Waals surface area contributed by atoms with Crippen LogP contribution in [-0.2, 0) is 0 Å². The molecule has 1 aliphatic rings. The Morgan fingerprint density at radius 1 is 1.47 bits per heavy atom. The fourth-order valence-corrected chi connectivity index (χ4v) is 2.47. The molecule has 0 radical (unpaired) electrons. The van der Waals surface area contributed by atoms with Crippen LogP contribution >= 0.6 is 11.6 Å². The molecular weight excluding hydrogens is 236 g/mol. The molecule has 1 fully saturated rings. The van der Waals surface area contributed by atoms with Crippen molar-refractivity contribution < 1.29 is 5.11 Å². The fourth-order valence-electron chi connectivity index (χ4n) is 2.31. The monoisotopic (exact) mass is 254 g/mol. The quantitative estimate of drug-likeness (QED) is 0.812. The highest BCUT2D eigenvalue weighted by molar-refractivity contribution is 6.33. The maximum Gasteiger partial charge on any atom is 0.0656 e. The van der Waals surface area contributed by atoms with Crippen LogP contribution in [0.4, 0.5) is 11.4 Å². The van der Waals surface area contributed by atoms with E-state index in [-0.39, 0.29) is 6.61 Å². The van der Waals surface area contributed by atoms with Gasteiger partial charge in [0.15, 0.2) is 0 Å². The van der Waals surface area contributed by atoms with E-state index in [0.29, 0.717) is 23.3 Å². The van der Waals surface area contributed by atoms with Crippen LogP contribution in [0.1, 0.15) is 24.8 Å². The Hall–Kier alpha value is -0.930. The third-order valence-electron chi connectivity index (χ3n) is 3.48. The number of anilines is 2. The number of nitrogens with zero attached hydrogens (tertiary/aromatic N) is 1. The Labute approximate surface area is 107 Å². The molecule has 0 aliphatic heterocycles. The van der Waals surface area contributed by atoms with Crippen molar-refractivity contribution in [1.82, 2.24) is 0 Å². The van der Waals surface area contributed by atoms with Crippen LogP contribution in [0.25, 0.3) is 0 Å². The van der Waals surface area contributed by atoms with Crippen LogP contribution in [0.5, 0.6) is 0 Å². The average Bonchev–Trinajstić information content (AvgIpc) is 2.20. The summed E-state index contributed by atoms with van der Waals surface area (Å²) in [5.41, 5.74) is 8.62. The number of aryl methyl sites for hydroxylation is 1. The molecule has 3 nitrogen and oxygen atoms in total. The van der Waals surface area contributed by atoms with Crippen LogP contribution in [0, 0.1) is 6.92 Å². The molecule has 0 aromatic heterocycles. The van der Waals surface area contributed by atoms with Crippen LogP contribution in [-0.4, -0.2) is 24.3 Å². The molecule has 1 saturated carbocycles. The topological polar surface area (TPSA) is 49.5 Å². The van der Waals surface area contributed by atoms with Crippen LogP contribution in [0.2, 0.25) is 5.02 Å². The molecular formula is C13H19ClN2O. The minimum absolute atomic E-state index is 0.165. The third-order valence-corrected chi connectivity index (χ3v) is 3.81. The van der Waals surface area contributed by atoms with Crippen molar-refractivity contribution in [1.29, 1.82) is 0 Å². The number of hydrogen-bond acceptors (Lipinski definition) is 3. The Kier molecular flexibility index (Phi) is 3.79. The lowest BCUT2D eigenvalue weighted by Gasteiger charge is -2.40. The predicted molar refractivity (Wildman–Crippen MR) is 72.7 cm³/mol. The largest absolute Gasteiger partial charge is 0.398 e. The number of rotatable bonds is 4. The summed E-state index contributed by atoms with van der Waals surface area (Å²) in [5, 5.41) is 9.77. The maximum atomic E-state index is 9.18. The van der Waals surface area contributed by atoms with Gasteiger partial charge in [-0.25, -0.2) is 0 Å². The summed E-state index contributed by atoms with van der Waals surface area (Å²) in [7, 11) is 0. The van der Waals surface area contributed by atoms with Crippen molar-refractivity contribution >= 4 is 23.0 Å². The van der Waals surface area contributed by atoms with Crippen molar-refractivity contribution in [2.75, 3.05) is 23.8 Å². The number of aliphatic hydroxyl groups is 1. The van der Waals surface area contributed by atoms with Gasteiger partial charge in [-0.2, -0.15) is 0 Å². The number of hydrogen-bond donors (Lipinski definition) is 2. The minimum Gasteiger partial charge on any atom is -0.398 e. The van der Waals surface area contributed by atoms with Gasteiger partial charge >= 0.3 is 0 Å². The summed E-state index contributed by atoms with van der Waals surface area (Å²) in [4.78, 5) is 2.25. The van der Waals surface area contributed by atoms with Crippen molar-refractivity contribution in [2.45, 2.75) is 32.2 Å². The molecule has 17 heavy (non-hydrogen) atoms. The summed E-state index contributed by atoms with van der Waals surface area (Å²) in [6.45, 7) is 2.86. The zero-order valence-electron chi connectivity index (χ0n) is 10.1. The Balaban J connectivity index is 2.31. The van der Waals surface area contributed by atoms with E-state index in [1.165, 1.54) is 19.3 Å². The van der Waals surface area contributed by atoms with Crippen molar-refractivity contribution in [3.05, 3.63) is 22.7 Å². The number of halogens is 1. The number of benzene rings is 1. The number of nitrogen functional groups attached to an aromatic ring is 1. The second kappa shape index (κ2) is 5.15. The summed E-state index contributed by atoms with van der Waals surface area (Å²) in [5.74, 6) is 0. The molecule has 0 unspecified atom stereocenters. The Morgan fingerprint density at radius 2 is 2.18 bits per heavy atom. The fraction of sp³-hybridized carbons (Fsp3) is 0.538. The van der Waals surface area contributed by atoms with Gasteiger partial charge in [-0.15, -0.1) is 0 Å². The Bertz CT molecular complexity index is 405. The normalized spacial score (nSPS) is 15.7. The van der Waals surface area contributed by atoms with Gasteiger partial charge in [0.1, 0.15) is 0 Å². The lowest BCUT2D eigenvalue weighted by Crippen LogP contribution is -2.42.